The summed E-state index contributed by atoms with van der Waals surface area (Å²) in [5.74, 6) is -0.998. The van der Waals surface area contributed by atoms with Crippen LogP contribution in [0, 0.1) is 13.8 Å². The van der Waals surface area contributed by atoms with Crippen LogP contribution in [-0.2, 0) is 9.53 Å². The molecule has 0 fully saturated rings. The molecule has 2 aromatic rings. The molecule has 0 aliphatic heterocycles. The molecule has 27 heavy (non-hydrogen) atoms. The zero-order valence-electron chi connectivity index (χ0n) is 15.1. The number of rotatable bonds is 8. The Balaban J connectivity index is 2.07. The highest BCUT2D eigenvalue weighted by Gasteiger charge is 2.22. The molecule has 0 bridgehead atoms. The van der Waals surface area contributed by atoms with Crippen LogP contribution < -0.4 is 15.4 Å². The number of esters is 1. The van der Waals surface area contributed by atoms with Gasteiger partial charge in [0.15, 0.2) is 0 Å². The Kier molecular flexibility index (Phi) is 7.12. The van der Waals surface area contributed by atoms with E-state index in [1.807, 2.05) is 6.92 Å². The fourth-order valence-electron chi connectivity index (χ4n) is 2.32. The van der Waals surface area contributed by atoms with Crippen LogP contribution in [0.3, 0.4) is 0 Å². The third-order valence-electron chi connectivity index (χ3n) is 3.66. The van der Waals surface area contributed by atoms with E-state index in [1.54, 1.807) is 26.0 Å². The normalized spacial score (nSPS) is 10.6. The van der Waals surface area contributed by atoms with Crippen molar-refractivity contribution in [1.82, 2.24) is 0 Å². The number of alkyl halides is 2. The third kappa shape index (κ3) is 5.40. The molecule has 0 saturated carbocycles. The molecule has 1 heterocycles. The molecule has 0 aliphatic carbocycles. The van der Waals surface area contributed by atoms with Gasteiger partial charge in [0.1, 0.15) is 10.8 Å². The Hall–Kier alpha value is -2.68. The van der Waals surface area contributed by atoms with Crippen LogP contribution in [0.2, 0.25) is 0 Å². The summed E-state index contributed by atoms with van der Waals surface area (Å²) < 4.78 is 34.3. The van der Waals surface area contributed by atoms with Crippen molar-refractivity contribution in [2.24, 2.45) is 0 Å². The van der Waals surface area contributed by atoms with E-state index in [0.29, 0.717) is 10.6 Å². The van der Waals surface area contributed by atoms with Crippen molar-refractivity contribution in [1.29, 1.82) is 0 Å². The number of amides is 1. The number of carbonyl (C=O) groups excluding carboxylic acids is 2. The van der Waals surface area contributed by atoms with Crippen LogP contribution >= 0.6 is 11.3 Å². The Morgan fingerprint density at radius 2 is 1.93 bits per heavy atom. The molecule has 0 unspecified atom stereocenters. The van der Waals surface area contributed by atoms with Gasteiger partial charge in [0.05, 0.1) is 24.4 Å². The van der Waals surface area contributed by atoms with Crippen molar-refractivity contribution in [3.63, 3.8) is 0 Å². The minimum absolute atomic E-state index is 0.0599. The van der Waals surface area contributed by atoms with Gasteiger partial charge in [0.2, 0.25) is 5.91 Å². The van der Waals surface area contributed by atoms with Gasteiger partial charge in [0.25, 0.3) is 0 Å². The zero-order chi connectivity index (χ0) is 20.0. The minimum atomic E-state index is -2.97. The van der Waals surface area contributed by atoms with Crippen molar-refractivity contribution in [2.75, 3.05) is 23.8 Å². The lowest BCUT2D eigenvalue weighted by molar-refractivity contribution is -0.114. The van der Waals surface area contributed by atoms with Gasteiger partial charge in [-0.25, -0.2) is 4.79 Å². The van der Waals surface area contributed by atoms with Gasteiger partial charge in [0, 0.05) is 4.88 Å². The summed E-state index contributed by atoms with van der Waals surface area (Å²) in [5.41, 5.74) is 1.34. The van der Waals surface area contributed by atoms with Crippen LogP contribution in [0.1, 0.15) is 27.7 Å². The molecule has 6 nitrogen and oxygen atoms in total. The summed E-state index contributed by atoms with van der Waals surface area (Å²) in [5, 5.41) is 5.82. The number of benzene rings is 1. The fraction of sp³-hybridized carbons (Fsp3) is 0.333. The van der Waals surface area contributed by atoms with Crippen LogP contribution in [0.15, 0.2) is 24.3 Å². The van der Waals surface area contributed by atoms with E-state index in [9.17, 15) is 18.4 Å². The average molecular weight is 398 g/mol. The van der Waals surface area contributed by atoms with Crippen molar-refractivity contribution in [3.8, 4) is 5.75 Å². The molecule has 0 radical (unpaired) electrons. The predicted molar refractivity (Wildman–Crippen MR) is 99.9 cm³/mol. The summed E-state index contributed by atoms with van der Waals surface area (Å²) in [4.78, 5) is 25.3. The predicted octanol–water partition coefficient (Wildman–Crippen LogP) is 4.19. The summed E-state index contributed by atoms with van der Waals surface area (Å²) in [6.45, 7) is 2.39. The van der Waals surface area contributed by atoms with Gasteiger partial charge in [-0.2, -0.15) is 8.78 Å². The van der Waals surface area contributed by atoms with Crippen LogP contribution in [0.25, 0.3) is 0 Å². The number of hydrogen-bond donors (Lipinski definition) is 2. The number of aryl methyl sites for hydroxylation is 1. The molecule has 0 spiro atoms. The molecule has 0 aliphatic rings. The van der Waals surface area contributed by atoms with Gasteiger partial charge in [-0.05, 0) is 38.5 Å². The lowest BCUT2D eigenvalue weighted by Gasteiger charge is -2.12. The number of anilines is 2. The first kappa shape index (κ1) is 20.6. The van der Waals surface area contributed by atoms with E-state index < -0.39 is 18.5 Å². The van der Waals surface area contributed by atoms with Crippen molar-refractivity contribution >= 4 is 33.9 Å². The lowest BCUT2D eigenvalue weighted by Crippen LogP contribution is -2.23. The van der Waals surface area contributed by atoms with Gasteiger partial charge in [-0.1, -0.05) is 12.1 Å². The van der Waals surface area contributed by atoms with E-state index in [-0.39, 0.29) is 24.6 Å². The van der Waals surface area contributed by atoms with E-state index in [1.165, 1.54) is 23.5 Å². The first-order valence-corrected chi connectivity index (χ1v) is 8.99. The number of ether oxygens (including phenoxy) is 2. The maximum Gasteiger partial charge on any atom is 0.387 e. The van der Waals surface area contributed by atoms with E-state index in [4.69, 9.17) is 4.74 Å². The fourth-order valence-corrected chi connectivity index (χ4v) is 3.39. The van der Waals surface area contributed by atoms with Crippen LogP contribution in [0.4, 0.5) is 19.5 Å². The zero-order valence-corrected chi connectivity index (χ0v) is 15.9. The molecule has 9 heteroatoms. The van der Waals surface area contributed by atoms with Gasteiger partial charge >= 0.3 is 12.6 Å². The van der Waals surface area contributed by atoms with Crippen LogP contribution in [-0.4, -0.2) is 31.6 Å². The first-order valence-electron chi connectivity index (χ1n) is 8.18. The lowest BCUT2D eigenvalue weighted by atomic mass is 10.1. The second-order valence-corrected chi connectivity index (χ2v) is 6.71. The Morgan fingerprint density at radius 1 is 1.22 bits per heavy atom. The van der Waals surface area contributed by atoms with Gasteiger partial charge in [-0.15, -0.1) is 11.3 Å². The molecule has 1 amide bonds. The van der Waals surface area contributed by atoms with Crippen molar-refractivity contribution in [2.45, 2.75) is 27.4 Å². The number of hydrogen-bond acceptors (Lipinski definition) is 6. The van der Waals surface area contributed by atoms with E-state index >= 15 is 0 Å². The molecule has 0 saturated heterocycles. The topological polar surface area (TPSA) is 76.7 Å². The molecular formula is C18H20F2N2O4S. The van der Waals surface area contributed by atoms with Crippen molar-refractivity contribution in [3.05, 3.63) is 40.3 Å². The minimum Gasteiger partial charge on any atom is -0.462 e. The highest BCUT2D eigenvalue weighted by Crippen LogP contribution is 2.33. The Labute approximate surface area is 159 Å². The van der Waals surface area contributed by atoms with E-state index in [2.05, 4.69) is 15.4 Å². The molecule has 2 rings (SSSR count). The molecule has 1 aromatic carbocycles. The standard InChI is InChI=1S/C18H20F2N2O4S/c1-4-25-17(24)15-10(2)11(3)27-16(15)22-14(23)9-21-12-7-5-6-8-13(12)26-18(19)20/h5-8,18,21H,4,9H2,1-3H3,(H,22,23). The first-order chi connectivity index (χ1) is 12.8. The highest BCUT2D eigenvalue weighted by atomic mass is 32.1. The molecular weight excluding hydrogens is 378 g/mol. The maximum absolute atomic E-state index is 12.4. The largest absolute Gasteiger partial charge is 0.462 e. The second-order valence-electron chi connectivity index (χ2n) is 5.48. The third-order valence-corrected chi connectivity index (χ3v) is 4.78. The molecule has 2 N–H and O–H groups in total. The van der Waals surface area contributed by atoms with Crippen LogP contribution in [0.5, 0.6) is 5.75 Å². The Morgan fingerprint density at radius 3 is 2.59 bits per heavy atom. The van der Waals surface area contributed by atoms with Gasteiger partial charge in [-0.3, -0.25) is 4.79 Å². The number of thiophene rings is 1. The summed E-state index contributed by atoms with van der Waals surface area (Å²) in [6, 6.07) is 6.07. The summed E-state index contributed by atoms with van der Waals surface area (Å²) in [6.07, 6.45) is 0. The number of para-hydroxylation sites is 2. The number of halogens is 2. The maximum atomic E-state index is 12.4. The summed E-state index contributed by atoms with van der Waals surface area (Å²) in [7, 11) is 0. The number of nitrogens with one attached hydrogen (secondary N) is 2. The van der Waals surface area contributed by atoms with Gasteiger partial charge < -0.3 is 20.1 Å². The molecule has 146 valence electrons. The quantitative estimate of drug-likeness (QED) is 0.652. The average Bonchev–Trinajstić information content (AvgIpc) is 2.87. The smallest absolute Gasteiger partial charge is 0.387 e. The SMILES string of the molecule is CCOC(=O)c1c(NC(=O)CNc2ccccc2OC(F)F)sc(C)c1C. The summed E-state index contributed by atoms with van der Waals surface area (Å²) >= 11 is 1.27. The van der Waals surface area contributed by atoms with E-state index in [0.717, 1.165) is 10.4 Å². The Bertz CT molecular complexity index is 824. The monoisotopic (exact) mass is 398 g/mol. The molecule has 1 aromatic heterocycles. The van der Waals surface area contributed by atoms with Crippen molar-refractivity contribution < 1.29 is 27.8 Å². The second kappa shape index (κ2) is 9.31. The molecule has 0 atom stereocenters. The number of carbonyl (C=O) groups is 2. The highest BCUT2D eigenvalue weighted by molar-refractivity contribution is 7.16.